The molecule has 0 bridgehead atoms. The molecule has 1 atom stereocenters. The summed E-state index contributed by atoms with van der Waals surface area (Å²) in [7, 11) is -2.96. The quantitative estimate of drug-likeness (QED) is 0.453. The van der Waals surface area contributed by atoms with Gasteiger partial charge in [0.05, 0.1) is 0 Å². The van der Waals surface area contributed by atoms with E-state index in [1.54, 1.807) is 0 Å². The second kappa shape index (κ2) is 8.25. The first-order chi connectivity index (χ1) is 13.6. The molecule has 6 heteroatoms. The van der Waals surface area contributed by atoms with Gasteiger partial charge in [0.2, 0.25) is 0 Å². The smallest absolute Gasteiger partial charge is 0.325 e. The highest BCUT2D eigenvalue weighted by molar-refractivity contribution is 9.10. The minimum atomic E-state index is -2.96. The molecule has 0 saturated carbocycles. The second-order valence-electron chi connectivity index (χ2n) is 8.32. The van der Waals surface area contributed by atoms with E-state index in [2.05, 4.69) is 21.8 Å². The lowest BCUT2D eigenvalue weighted by molar-refractivity contribution is -0.160. The molecule has 2 aromatic carbocycles. The zero-order valence-corrected chi connectivity index (χ0v) is 19.5. The van der Waals surface area contributed by atoms with Crippen LogP contribution in [0, 0.1) is 0 Å². The number of hydrogen-bond donors (Lipinski definition) is 0. The summed E-state index contributed by atoms with van der Waals surface area (Å²) in [6, 6.07) is 15.5. The van der Waals surface area contributed by atoms with Crippen molar-refractivity contribution in [1.29, 1.82) is 0 Å². The Morgan fingerprint density at radius 1 is 1.03 bits per heavy atom. The molecule has 3 rings (SSSR count). The lowest BCUT2D eigenvalue weighted by atomic mass is 9.99. The molecule has 0 aliphatic carbocycles. The third-order valence-corrected chi connectivity index (χ3v) is 8.51. The zero-order valence-electron chi connectivity index (χ0n) is 17.1. The number of carbonyl (C=O) groups excluding carboxylic acids is 1. The van der Waals surface area contributed by atoms with Crippen LogP contribution in [0.15, 0.2) is 57.9 Å². The van der Waals surface area contributed by atoms with Crippen LogP contribution < -0.4 is 0 Å². The van der Waals surface area contributed by atoms with E-state index in [1.165, 1.54) is 0 Å². The SMILES string of the molecule is C=S(=O)(c1ccc(-c2ccc(Br)cc2)cc1)C1(C(=O)OC(C)(C)C)CCOCC1. The van der Waals surface area contributed by atoms with Gasteiger partial charge in [0.25, 0.3) is 0 Å². The maximum Gasteiger partial charge on any atom is 0.325 e. The van der Waals surface area contributed by atoms with Gasteiger partial charge in [-0.2, -0.15) is 0 Å². The summed E-state index contributed by atoms with van der Waals surface area (Å²) >= 11 is 3.44. The van der Waals surface area contributed by atoms with Crippen LogP contribution in [0.1, 0.15) is 33.6 Å². The first-order valence-electron chi connectivity index (χ1n) is 9.59. The van der Waals surface area contributed by atoms with E-state index in [1.807, 2.05) is 69.3 Å². The van der Waals surface area contributed by atoms with E-state index < -0.39 is 25.8 Å². The van der Waals surface area contributed by atoms with Crippen LogP contribution in [0.4, 0.5) is 0 Å². The fourth-order valence-electron chi connectivity index (χ4n) is 3.48. The molecule has 0 aromatic heterocycles. The molecule has 1 fully saturated rings. The van der Waals surface area contributed by atoms with Crippen LogP contribution in [0.25, 0.3) is 11.1 Å². The first-order valence-corrected chi connectivity index (χ1v) is 12.1. The van der Waals surface area contributed by atoms with Crippen molar-refractivity contribution in [2.75, 3.05) is 13.2 Å². The van der Waals surface area contributed by atoms with E-state index in [9.17, 15) is 9.00 Å². The maximum atomic E-state index is 14.0. The van der Waals surface area contributed by atoms with Gasteiger partial charge in [-0.15, -0.1) is 0 Å². The Kier molecular flexibility index (Phi) is 6.27. The van der Waals surface area contributed by atoms with Gasteiger partial charge in [-0.3, -0.25) is 9.00 Å². The molecule has 1 unspecified atom stereocenters. The number of hydrogen-bond acceptors (Lipinski definition) is 4. The molecular weight excluding hydrogens is 452 g/mol. The van der Waals surface area contributed by atoms with Gasteiger partial charge in [0.15, 0.2) is 0 Å². The van der Waals surface area contributed by atoms with Crippen LogP contribution in [0.2, 0.25) is 0 Å². The fraction of sp³-hybridized carbons (Fsp3) is 0.391. The fourth-order valence-corrected chi connectivity index (χ4v) is 5.90. The summed E-state index contributed by atoms with van der Waals surface area (Å²) in [6.07, 6.45) is 0.664. The third-order valence-electron chi connectivity index (χ3n) is 5.12. The second-order valence-corrected chi connectivity index (χ2v) is 11.8. The topological polar surface area (TPSA) is 52.6 Å². The maximum absolute atomic E-state index is 14.0. The standard InChI is InChI=1S/C23H27BrO4S/c1-22(2,3)28-21(25)23(13-15-27-16-14-23)29(4,26)20-11-7-18(8-12-20)17-5-9-19(24)10-6-17/h5-12H,4,13-16H2,1-3H3. The van der Waals surface area contributed by atoms with Gasteiger partial charge in [-0.05, 0) is 74.9 Å². The molecule has 1 aliphatic rings. The largest absolute Gasteiger partial charge is 0.459 e. The molecular formula is C23H27BrO4S. The summed E-state index contributed by atoms with van der Waals surface area (Å²) in [5.41, 5.74) is 1.40. The van der Waals surface area contributed by atoms with Gasteiger partial charge < -0.3 is 9.47 Å². The van der Waals surface area contributed by atoms with Gasteiger partial charge in [-0.25, -0.2) is 0 Å². The number of halogens is 1. The molecule has 1 saturated heterocycles. The molecule has 0 amide bonds. The van der Waals surface area contributed by atoms with Crippen molar-refractivity contribution < 1.29 is 18.5 Å². The van der Waals surface area contributed by atoms with Crippen molar-refractivity contribution in [3.8, 4) is 11.1 Å². The van der Waals surface area contributed by atoms with Gasteiger partial charge in [0.1, 0.15) is 10.3 Å². The summed E-state index contributed by atoms with van der Waals surface area (Å²) in [5.74, 6) is 3.61. The lowest BCUT2D eigenvalue weighted by Gasteiger charge is -2.39. The van der Waals surface area contributed by atoms with Crippen molar-refractivity contribution in [1.82, 2.24) is 0 Å². The van der Waals surface area contributed by atoms with E-state index in [0.29, 0.717) is 31.0 Å². The van der Waals surface area contributed by atoms with Gasteiger partial charge in [-0.1, -0.05) is 40.2 Å². The van der Waals surface area contributed by atoms with Crippen molar-refractivity contribution >= 4 is 37.3 Å². The molecule has 4 nitrogen and oxygen atoms in total. The van der Waals surface area contributed by atoms with Gasteiger partial charge in [0, 0.05) is 32.1 Å². The number of carbonyl (C=O) groups is 1. The van der Waals surface area contributed by atoms with Crippen molar-refractivity contribution in [3.63, 3.8) is 0 Å². The van der Waals surface area contributed by atoms with Gasteiger partial charge >= 0.3 is 5.97 Å². The van der Waals surface area contributed by atoms with Crippen molar-refractivity contribution in [3.05, 3.63) is 53.0 Å². The van der Waals surface area contributed by atoms with Crippen LogP contribution in [-0.4, -0.2) is 39.6 Å². The van der Waals surface area contributed by atoms with E-state index in [-0.39, 0.29) is 0 Å². The van der Waals surface area contributed by atoms with E-state index in [4.69, 9.17) is 9.47 Å². The highest BCUT2D eigenvalue weighted by Crippen LogP contribution is 2.38. The number of esters is 1. The van der Waals surface area contributed by atoms with E-state index >= 15 is 0 Å². The van der Waals surface area contributed by atoms with Crippen molar-refractivity contribution in [2.45, 2.75) is 48.9 Å². The zero-order chi connectivity index (χ0) is 21.3. The summed E-state index contributed by atoms with van der Waals surface area (Å²) in [4.78, 5) is 13.7. The monoisotopic (exact) mass is 478 g/mol. The van der Waals surface area contributed by atoms with E-state index in [0.717, 1.165) is 15.6 Å². The molecule has 2 aromatic rings. The minimum absolute atomic E-state index is 0.332. The Morgan fingerprint density at radius 2 is 1.52 bits per heavy atom. The highest BCUT2D eigenvalue weighted by Gasteiger charge is 2.50. The Morgan fingerprint density at radius 3 is 2.00 bits per heavy atom. The Balaban J connectivity index is 1.98. The third kappa shape index (κ3) is 4.60. The average molecular weight is 479 g/mol. The van der Waals surface area contributed by atoms with Crippen LogP contribution in [-0.2, 0) is 23.8 Å². The lowest BCUT2D eigenvalue weighted by Crippen LogP contribution is -2.52. The minimum Gasteiger partial charge on any atom is -0.459 e. The molecule has 1 aliphatic heterocycles. The molecule has 156 valence electrons. The predicted molar refractivity (Wildman–Crippen MR) is 122 cm³/mol. The Bertz CT molecular complexity index is 965. The summed E-state index contributed by atoms with van der Waals surface area (Å²) < 4.78 is 25.0. The number of benzene rings is 2. The summed E-state index contributed by atoms with van der Waals surface area (Å²) in [5, 5.41) is 0. The van der Waals surface area contributed by atoms with Crippen LogP contribution in [0.3, 0.4) is 0 Å². The van der Waals surface area contributed by atoms with Crippen molar-refractivity contribution in [2.24, 2.45) is 0 Å². The normalized spacial score (nSPS) is 18.6. The molecule has 0 spiro atoms. The number of ether oxygens (including phenoxy) is 2. The molecule has 1 heterocycles. The predicted octanol–water partition coefficient (Wildman–Crippen LogP) is 5.08. The molecule has 0 N–H and O–H groups in total. The average Bonchev–Trinajstić information content (AvgIpc) is 2.68. The molecule has 0 radical (unpaired) electrons. The molecule has 29 heavy (non-hydrogen) atoms. The Hall–Kier alpha value is -1.63. The first kappa shape index (κ1) is 22.1. The van der Waals surface area contributed by atoms with Crippen LogP contribution in [0.5, 0.6) is 0 Å². The highest BCUT2D eigenvalue weighted by atomic mass is 79.9. The summed E-state index contributed by atoms with van der Waals surface area (Å²) in [6.45, 7) is 6.17. The number of rotatable bonds is 4. The van der Waals surface area contributed by atoms with Crippen LogP contribution >= 0.6 is 15.9 Å². The Labute approximate surface area is 181 Å².